The van der Waals surface area contributed by atoms with Gasteiger partial charge < -0.3 is 8.98 Å². The van der Waals surface area contributed by atoms with E-state index in [4.69, 9.17) is 19.4 Å². The minimum Gasteiger partial charge on any atom is -0.456 e. The Labute approximate surface area is 322 Å². The summed E-state index contributed by atoms with van der Waals surface area (Å²) in [6.45, 7) is 0. The largest absolute Gasteiger partial charge is 0.456 e. The number of furan rings is 1. The molecule has 5 nitrogen and oxygen atoms in total. The Hall–Kier alpha value is -7.63. The summed E-state index contributed by atoms with van der Waals surface area (Å²) in [6, 6.07) is 67.4. The van der Waals surface area contributed by atoms with E-state index in [0.717, 1.165) is 77.6 Å². The van der Waals surface area contributed by atoms with Crippen molar-refractivity contribution in [1.29, 1.82) is 0 Å². The van der Waals surface area contributed by atoms with E-state index < -0.39 is 0 Å². The summed E-state index contributed by atoms with van der Waals surface area (Å²) >= 11 is 0. The molecule has 0 aliphatic carbocycles. The van der Waals surface area contributed by atoms with E-state index in [-0.39, 0.29) is 0 Å². The smallest absolute Gasteiger partial charge is 0.166 e. The van der Waals surface area contributed by atoms with Crippen molar-refractivity contribution in [2.75, 3.05) is 0 Å². The number of hydrogen-bond acceptors (Lipinski definition) is 4. The molecule has 0 bridgehead atoms. The van der Waals surface area contributed by atoms with Gasteiger partial charge in [0.05, 0.1) is 22.3 Å². The molecule has 11 aromatic rings. The fourth-order valence-corrected chi connectivity index (χ4v) is 8.05. The quantitative estimate of drug-likeness (QED) is 0.172. The van der Waals surface area contributed by atoms with Gasteiger partial charge in [0.15, 0.2) is 17.5 Å². The molecule has 0 saturated heterocycles. The molecule has 0 fully saturated rings. The second-order valence-electron chi connectivity index (χ2n) is 14.0. The van der Waals surface area contributed by atoms with E-state index in [1.165, 1.54) is 10.8 Å². The summed E-state index contributed by atoms with van der Waals surface area (Å²) in [4.78, 5) is 15.8. The van der Waals surface area contributed by atoms with Gasteiger partial charge in [-0.2, -0.15) is 0 Å². The molecule has 8 aromatic carbocycles. The van der Waals surface area contributed by atoms with Crippen LogP contribution in [0.2, 0.25) is 0 Å². The number of rotatable bonds is 6. The molecular weight excluding hydrogens is 685 g/mol. The minimum absolute atomic E-state index is 0.582. The van der Waals surface area contributed by atoms with Gasteiger partial charge in [-0.25, -0.2) is 15.0 Å². The molecule has 0 aliphatic rings. The van der Waals surface area contributed by atoms with Gasteiger partial charge in [-0.1, -0.05) is 158 Å². The van der Waals surface area contributed by atoms with E-state index in [1.54, 1.807) is 0 Å². The van der Waals surface area contributed by atoms with Crippen LogP contribution in [0.1, 0.15) is 0 Å². The SMILES string of the molecule is c1ccc(-c2ccc(-c3nc(-c4ccccc4)nc(-c4c(-c5ccc6c(c5)oc5ccccc56)cccc4-n4c5ccccc5c5ccccc54)n3)cc2)cc1. The van der Waals surface area contributed by atoms with Crippen LogP contribution in [-0.4, -0.2) is 19.5 Å². The highest BCUT2D eigenvalue weighted by atomic mass is 16.3. The number of fused-ring (bicyclic) bond motifs is 6. The molecular formula is C51H32N4O. The lowest BCUT2D eigenvalue weighted by molar-refractivity contribution is 0.669. The molecule has 0 saturated carbocycles. The third-order valence-electron chi connectivity index (χ3n) is 10.7. The molecule has 5 heteroatoms. The average molecular weight is 717 g/mol. The Morgan fingerprint density at radius 2 is 0.839 bits per heavy atom. The van der Waals surface area contributed by atoms with Gasteiger partial charge in [0.1, 0.15) is 11.2 Å². The number of aromatic nitrogens is 4. The highest BCUT2D eigenvalue weighted by Crippen LogP contribution is 2.42. The first-order valence-corrected chi connectivity index (χ1v) is 18.8. The molecule has 0 unspecified atom stereocenters. The molecule has 0 N–H and O–H groups in total. The van der Waals surface area contributed by atoms with E-state index in [9.17, 15) is 0 Å². The molecule has 0 spiro atoms. The molecule has 3 aromatic heterocycles. The van der Waals surface area contributed by atoms with E-state index in [2.05, 4.69) is 162 Å². The Morgan fingerprint density at radius 1 is 0.339 bits per heavy atom. The molecule has 56 heavy (non-hydrogen) atoms. The van der Waals surface area contributed by atoms with Crippen molar-refractivity contribution in [2.24, 2.45) is 0 Å². The van der Waals surface area contributed by atoms with Crippen LogP contribution in [0.3, 0.4) is 0 Å². The molecule has 3 heterocycles. The van der Waals surface area contributed by atoms with Crippen LogP contribution in [-0.2, 0) is 0 Å². The number of nitrogens with zero attached hydrogens (tertiary/aromatic N) is 4. The van der Waals surface area contributed by atoms with Gasteiger partial charge in [-0.15, -0.1) is 0 Å². The van der Waals surface area contributed by atoms with Gasteiger partial charge in [0.2, 0.25) is 0 Å². The Balaban J connectivity index is 1.20. The predicted molar refractivity (Wildman–Crippen MR) is 229 cm³/mol. The van der Waals surface area contributed by atoms with Crippen molar-refractivity contribution in [2.45, 2.75) is 0 Å². The Morgan fingerprint density at radius 3 is 1.54 bits per heavy atom. The highest BCUT2D eigenvalue weighted by Gasteiger charge is 2.23. The van der Waals surface area contributed by atoms with Crippen molar-refractivity contribution < 1.29 is 4.42 Å². The average Bonchev–Trinajstić information content (AvgIpc) is 3.82. The topological polar surface area (TPSA) is 56.7 Å². The van der Waals surface area contributed by atoms with Gasteiger partial charge in [0, 0.05) is 32.7 Å². The first kappa shape index (κ1) is 31.9. The first-order chi connectivity index (χ1) is 27.8. The predicted octanol–water partition coefficient (Wildman–Crippen LogP) is 13.2. The molecule has 0 radical (unpaired) electrons. The second-order valence-corrected chi connectivity index (χ2v) is 14.0. The van der Waals surface area contributed by atoms with Crippen molar-refractivity contribution in [3.05, 3.63) is 194 Å². The van der Waals surface area contributed by atoms with E-state index in [0.29, 0.717) is 17.5 Å². The highest BCUT2D eigenvalue weighted by molar-refractivity contribution is 6.10. The standard InChI is InChI=1S/C51H32N4O/c1-3-14-33(15-4-1)34-26-28-36(29-27-34)50-52-49(35-16-5-2-6-17-35)53-51(54-50)48-38(37-30-31-42-41-20-9-12-25-46(41)56-47(42)32-37)21-13-24-45(48)55-43-22-10-7-18-39(43)40-19-8-11-23-44(40)55/h1-32H. The molecule has 262 valence electrons. The Bertz CT molecular complexity index is 3180. The van der Waals surface area contributed by atoms with Gasteiger partial charge in [0.25, 0.3) is 0 Å². The molecule has 11 rings (SSSR count). The van der Waals surface area contributed by atoms with Crippen LogP contribution >= 0.6 is 0 Å². The lowest BCUT2D eigenvalue weighted by atomic mass is 9.96. The maximum absolute atomic E-state index is 6.43. The third kappa shape index (κ3) is 5.29. The summed E-state index contributed by atoms with van der Waals surface area (Å²) < 4.78 is 8.78. The van der Waals surface area contributed by atoms with Crippen molar-refractivity contribution in [3.8, 4) is 62.1 Å². The van der Waals surface area contributed by atoms with E-state index >= 15 is 0 Å². The zero-order chi connectivity index (χ0) is 37.0. The molecule has 0 atom stereocenters. The third-order valence-corrected chi connectivity index (χ3v) is 10.7. The second kappa shape index (κ2) is 13.0. The maximum Gasteiger partial charge on any atom is 0.166 e. The summed E-state index contributed by atoms with van der Waals surface area (Å²) in [5, 5.41) is 4.55. The van der Waals surface area contributed by atoms with Gasteiger partial charge >= 0.3 is 0 Å². The molecule has 0 aliphatic heterocycles. The first-order valence-electron chi connectivity index (χ1n) is 18.8. The fraction of sp³-hybridized carbons (Fsp3) is 0. The zero-order valence-electron chi connectivity index (χ0n) is 30.2. The lowest BCUT2D eigenvalue weighted by Gasteiger charge is -2.18. The molecule has 0 amide bonds. The normalized spacial score (nSPS) is 11.6. The number of benzene rings is 8. The van der Waals surface area contributed by atoms with Crippen LogP contribution in [0.4, 0.5) is 0 Å². The summed E-state index contributed by atoms with van der Waals surface area (Å²) in [5.41, 5.74) is 11.9. The van der Waals surface area contributed by atoms with Crippen LogP contribution in [0, 0.1) is 0 Å². The minimum atomic E-state index is 0.582. The monoisotopic (exact) mass is 716 g/mol. The van der Waals surface area contributed by atoms with Crippen molar-refractivity contribution in [1.82, 2.24) is 19.5 Å². The van der Waals surface area contributed by atoms with Gasteiger partial charge in [-0.3, -0.25) is 0 Å². The van der Waals surface area contributed by atoms with Crippen LogP contribution in [0.5, 0.6) is 0 Å². The zero-order valence-corrected chi connectivity index (χ0v) is 30.2. The summed E-state index contributed by atoms with van der Waals surface area (Å²) in [7, 11) is 0. The van der Waals surface area contributed by atoms with Crippen LogP contribution in [0.15, 0.2) is 199 Å². The lowest BCUT2D eigenvalue weighted by Crippen LogP contribution is -2.05. The number of hydrogen-bond donors (Lipinski definition) is 0. The van der Waals surface area contributed by atoms with Crippen LogP contribution < -0.4 is 0 Å². The number of para-hydroxylation sites is 3. The van der Waals surface area contributed by atoms with Crippen molar-refractivity contribution >= 4 is 43.7 Å². The fourth-order valence-electron chi connectivity index (χ4n) is 8.05. The maximum atomic E-state index is 6.43. The van der Waals surface area contributed by atoms with Gasteiger partial charge in [-0.05, 0) is 58.7 Å². The van der Waals surface area contributed by atoms with Crippen molar-refractivity contribution in [3.63, 3.8) is 0 Å². The van der Waals surface area contributed by atoms with Crippen LogP contribution in [0.25, 0.3) is 106 Å². The Kier molecular flexibility index (Phi) is 7.42. The van der Waals surface area contributed by atoms with E-state index in [1.807, 2.05) is 36.4 Å². The summed E-state index contributed by atoms with van der Waals surface area (Å²) in [5.74, 6) is 1.79. The summed E-state index contributed by atoms with van der Waals surface area (Å²) in [6.07, 6.45) is 0.